The van der Waals surface area contributed by atoms with Crippen LogP contribution in [0.4, 0.5) is 16.4 Å². The van der Waals surface area contributed by atoms with Crippen LogP contribution in [0.1, 0.15) is 44.8 Å². The first-order valence-electron chi connectivity index (χ1n) is 12.6. The zero-order valence-corrected chi connectivity index (χ0v) is 22.1. The second kappa shape index (κ2) is 11.9. The summed E-state index contributed by atoms with van der Waals surface area (Å²) >= 11 is 1.53. The summed E-state index contributed by atoms with van der Waals surface area (Å²) in [5.74, 6) is 0.0261. The van der Waals surface area contributed by atoms with E-state index in [1.165, 1.54) is 22.3 Å². The lowest BCUT2D eigenvalue weighted by Gasteiger charge is -2.12. The van der Waals surface area contributed by atoms with E-state index < -0.39 is 21.2 Å². The van der Waals surface area contributed by atoms with Crippen molar-refractivity contribution in [3.63, 3.8) is 0 Å². The van der Waals surface area contributed by atoms with E-state index in [-0.39, 0.29) is 11.7 Å². The van der Waals surface area contributed by atoms with Crippen molar-refractivity contribution in [3.8, 4) is 11.5 Å². The molecule has 0 radical (unpaired) electrons. The molecule has 1 aliphatic carbocycles. The van der Waals surface area contributed by atoms with E-state index in [0.29, 0.717) is 28.4 Å². The van der Waals surface area contributed by atoms with Crippen LogP contribution < -0.4 is 10.1 Å². The Morgan fingerprint density at radius 2 is 1.77 bits per heavy atom. The number of nitro benzene ring substituents is 2. The first kappa shape index (κ1) is 26.7. The van der Waals surface area contributed by atoms with Gasteiger partial charge in [0.15, 0.2) is 0 Å². The highest BCUT2D eigenvalue weighted by Gasteiger charge is 2.25. The minimum Gasteiger partial charge on any atom is -0.450 e. The number of fused-ring (bicyclic) bond motifs is 1. The molecular weight excluding hydrogens is 532 g/mol. The van der Waals surface area contributed by atoms with Crippen LogP contribution in [0.2, 0.25) is 0 Å². The Hall–Kier alpha value is -4.90. The van der Waals surface area contributed by atoms with Crippen molar-refractivity contribution in [2.24, 2.45) is 4.99 Å². The summed E-state index contributed by atoms with van der Waals surface area (Å²) in [6.07, 6.45) is 5.50. The summed E-state index contributed by atoms with van der Waals surface area (Å²) in [5.41, 5.74) is 2.43. The lowest BCUT2D eigenvalue weighted by molar-refractivity contribution is -0.394. The summed E-state index contributed by atoms with van der Waals surface area (Å²) in [6, 6.07) is 19.7. The van der Waals surface area contributed by atoms with Gasteiger partial charge in [-0.05, 0) is 60.6 Å². The third kappa shape index (κ3) is 6.05. The standard InChI is InChI=1S/C29H24N4O6S/c34-28(30-17-19-7-2-1-3-8-19)27-23-11-4-5-12-26(23)40-29(27)31-18-20-9-6-10-22(15-20)39-25-14-13-21(32(35)36)16-24(25)33(37)38/h1-3,6-10,13-16,18H,4-5,11-12,17H2,(H,30,34). The molecule has 4 aromatic rings. The van der Waals surface area contributed by atoms with Crippen molar-refractivity contribution in [3.05, 3.63) is 120 Å². The second-order valence-electron chi connectivity index (χ2n) is 9.16. The van der Waals surface area contributed by atoms with Gasteiger partial charge in [-0.2, -0.15) is 0 Å². The molecule has 0 spiro atoms. The molecule has 0 unspecified atom stereocenters. The first-order valence-corrected chi connectivity index (χ1v) is 13.4. The number of nitro groups is 2. The van der Waals surface area contributed by atoms with E-state index >= 15 is 0 Å². The average Bonchev–Trinajstić information content (AvgIpc) is 3.34. The van der Waals surface area contributed by atoms with Crippen molar-refractivity contribution in [2.45, 2.75) is 32.2 Å². The largest absolute Gasteiger partial charge is 0.450 e. The van der Waals surface area contributed by atoms with Gasteiger partial charge in [0, 0.05) is 23.7 Å². The van der Waals surface area contributed by atoms with Crippen LogP contribution in [0, 0.1) is 20.2 Å². The lowest BCUT2D eigenvalue weighted by atomic mass is 9.95. The van der Waals surface area contributed by atoms with Crippen LogP contribution in [-0.2, 0) is 19.4 Å². The summed E-state index contributed by atoms with van der Waals surface area (Å²) in [5, 5.41) is 26.1. The number of nitrogens with zero attached hydrogens (tertiary/aromatic N) is 3. The van der Waals surface area contributed by atoms with E-state index in [9.17, 15) is 25.0 Å². The van der Waals surface area contributed by atoms with Gasteiger partial charge in [0.1, 0.15) is 10.8 Å². The van der Waals surface area contributed by atoms with Gasteiger partial charge in [0.05, 0.1) is 21.5 Å². The SMILES string of the molecule is O=C(NCc1ccccc1)c1c(N=Cc2cccc(Oc3ccc([N+](=O)[O-])cc3[N+](=O)[O-])c2)sc2c1CCCC2. The first-order chi connectivity index (χ1) is 19.4. The van der Waals surface area contributed by atoms with Crippen molar-refractivity contribution >= 4 is 39.8 Å². The number of nitrogens with one attached hydrogen (secondary N) is 1. The molecule has 0 aliphatic heterocycles. The van der Waals surface area contributed by atoms with Crippen LogP contribution in [-0.4, -0.2) is 22.0 Å². The highest BCUT2D eigenvalue weighted by Crippen LogP contribution is 2.40. The molecule has 0 saturated carbocycles. The molecule has 1 heterocycles. The number of non-ortho nitro benzene ring substituents is 1. The van der Waals surface area contributed by atoms with Crippen molar-refractivity contribution in [1.29, 1.82) is 0 Å². The quantitative estimate of drug-likeness (QED) is 0.135. The number of aryl methyl sites for hydroxylation is 1. The number of benzene rings is 3. The normalized spacial score (nSPS) is 12.6. The summed E-state index contributed by atoms with van der Waals surface area (Å²) in [4.78, 5) is 40.2. The van der Waals surface area contributed by atoms with Gasteiger partial charge >= 0.3 is 5.69 Å². The van der Waals surface area contributed by atoms with Crippen molar-refractivity contribution in [2.75, 3.05) is 0 Å². The zero-order chi connectivity index (χ0) is 28.1. The number of thiophene rings is 1. The molecule has 0 bridgehead atoms. The number of hydrogen-bond donors (Lipinski definition) is 1. The number of hydrogen-bond acceptors (Lipinski definition) is 8. The van der Waals surface area contributed by atoms with Crippen LogP contribution in [0.3, 0.4) is 0 Å². The molecule has 0 saturated heterocycles. The van der Waals surface area contributed by atoms with E-state index in [0.717, 1.165) is 48.9 Å². The summed E-state index contributed by atoms with van der Waals surface area (Å²) in [6.45, 7) is 0.418. The number of carbonyl (C=O) groups excluding carboxylic acids is 1. The highest BCUT2D eigenvalue weighted by atomic mass is 32.1. The molecule has 11 heteroatoms. The predicted molar refractivity (Wildman–Crippen MR) is 152 cm³/mol. The predicted octanol–water partition coefficient (Wildman–Crippen LogP) is 6.92. The third-order valence-electron chi connectivity index (χ3n) is 6.44. The number of rotatable bonds is 9. The Morgan fingerprint density at radius 1 is 0.975 bits per heavy atom. The molecule has 40 heavy (non-hydrogen) atoms. The maximum atomic E-state index is 13.3. The molecule has 5 rings (SSSR count). The van der Waals surface area contributed by atoms with Gasteiger partial charge in [0.25, 0.3) is 11.6 Å². The van der Waals surface area contributed by atoms with Crippen LogP contribution >= 0.6 is 11.3 Å². The van der Waals surface area contributed by atoms with Crippen LogP contribution in [0.25, 0.3) is 0 Å². The van der Waals surface area contributed by atoms with Crippen molar-refractivity contribution < 1.29 is 19.4 Å². The Morgan fingerprint density at radius 3 is 2.55 bits per heavy atom. The van der Waals surface area contributed by atoms with Crippen molar-refractivity contribution in [1.82, 2.24) is 5.32 Å². The molecule has 202 valence electrons. The fraction of sp³-hybridized carbons (Fsp3) is 0.172. The molecule has 1 amide bonds. The lowest BCUT2D eigenvalue weighted by Crippen LogP contribution is -2.24. The topological polar surface area (TPSA) is 137 Å². The second-order valence-corrected chi connectivity index (χ2v) is 10.2. The van der Waals surface area contributed by atoms with Gasteiger partial charge in [-0.1, -0.05) is 42.5 Å². The molecular formula is C29H24N4O6S. The van der Waals surface area contributed by atoms with Gasteiger partial charge < -0.3 is 10.1 Å². The Balaban J connectivity index is 1.38. The maximum absolute atomic E-state index is 13.3. The monoisotopic (exact) mass is 556 g/mol. The van der Waals surface area contributed by atoms with Gasteiger partial charge in [0.2, 0.25) is 5.75 Å². The number of amides is 1. The molecule has 3 aromatic carbocycles. The van der Waals surface area contributed by atoms with Crippen LogP contribution in [0.15, 0.2) is 77.8 Å². The minimum atomic E-state index is -0.726. The fourth-order valence-electron chi connectivity index (χ4n) is 4.51. The Labute approximate surface area is 233 Å². The number of ether oxygens (including phenoxy) is 1. The van der Waals surface area contributed by atoms with E-state index in [2.05, 4.69) is 10.3 Å². The molecule has 1 N–H and O–H groups in total. The molecule has 0 atom stereocenters. The zero-order valence-electron chi connectivity index (χ0n) is 21.2. The van der Waals surface area contributed by atoms with Gasteiger partial charge in [-0.25, -0.2) is 4.99 Å². The highest BCUT2D eigenvalue weighted by molar-refractivity contribution is 7.16. The summed E-state index contributed by atoms with van der Waals surface area (Å²) < 4.78 is 5.71. The smallest absolute Gasteiger partial charge is 0.318 e. The third-order valence-corrected chi connectivity index (χ3v) is 7.64. The van der Waals surface area contributed by atoms with E-state index in [1.54, 1.807) is 30.5 Å². The van der Waals surface area contributed by atoms with E-state index in [1.807, 2.05) is 30.3 Å². The van der Waals surface area contributed by atoms with E-state index in [4.69, 9.17) is 4.74 Å². The number of carbonyl (C=O) groups is 1. The minimum absolute atomic E-state index is 0.118. The number of aliphatic imine (C=N–C) groups is 1. The molecule has 1 aromatic heterocycles. The van der Waals surface area contributed by atoms with Gasteiger partial charge in [-0.15, -0.1) is 11.3 Å². The van der Waals surface area contributed by atoms with Crippen LogP contribution in [0.5, 0.6) is 11.5 Å². The van der Waals surface area contributed by atoms with Gasteiger partial charge in [-0.3, -0.25) is 25.0 Å². The fourth-order valence-corrected chi connectivity index (χ4v) is 5.74. The molecule has 10 nitrogen and oxygen atoms in total. The molecule has 1 aliphatic rings. The average molecular weight is 557 g/mol. The Bertz CT molecular complexity index is 1620. The Kier molecular flexibility index (Phi) is 7.92. The summed E-state index contributed by atoms with van der Waals surface area (Å²) in [7, 11) is 0. The molecule has 0 fully saturated rings. The maximum Gasteiger partial charge on any atom is 0.318 e.